The third-order valence-corrected chi connectivity index (χ3v) is 4.16. The Hall–Kier alpha value is -2.35. The molecule has 0 saturated heterocycles. The van der Waals surface area contributed by atoms with Crippen molar-refractivity contribution >= 4 is 17.6 Å². The second kappa shape index (κ2) is 5.57. The molecule has 0 amide bonds. The van der Waals surface area contributed by atoms with Crippen molar-refractivity contribution in [3.63, 3.8) is 0 Å². The number of fused-ring (bicyclic) bond motifs is 1. The van der Waals surface area contributed by atoms with Crippen LogP contribution in [-0.4, -0.2) is 13.1 Å². The summed E-state index contributed by atoms with van der Waals surface area (Å²) in [5.74, 6) is -0.320. The van der Waals surface area contributed by atoms with Crippen LogP contribution in [0.15, 0.2) is 54.6 Å². The first-order valence-corrected chi connectivity index (χ1v) is 7.16. The van der Waals surface area contributed by atoms with Gasteiger partial charge in [0, 0.05) is 5.92 Å². The van der Waals surface area contributed by atoms with Crippen LogP contribution in [0, 0.1) is 5.92 Å². The topological polar surface area (TPSA) is 26.3 Å². The third-order valence-electron chi connectivity index (χ3n) is 4.16. The lowest BCUT2D eigenvalue weighted by molar-refractivity contribution is -0.145. The number of allylic oxidation sites excluding steroid dienone is 1. The first-order valence-electron chi connectivity index (χ1n) is 7.16. The van der Waals surface area contributed by atoms with Crippen LogP contribution < -0.4 is 0 Å². The smallest absolute Gasteiger partial charge is 0.309 e. The number of rotatable bonds is 3. The summed E-state index contributed by atoms with van der Waals surface area (Å²) in [5.41, 5.74) is 4.75. The van der Waals surface area contributed by atoms with E-state index >= 15 is 0 Å². The normalized spacial score (nSPS) is 17.8. The van der Waals surface area contributed by atoms with E-state index in [0.717, 1.165) is 5.56 Å². The van der Waals surface area contributed by atoms with E-state index < -0.39 is 0 Å². The molecule has 0 fully saturated rings. The third kappa shape index (κ3) is 2.38. The van der Waals surface area contributed by atoms with Crippen LogP contribution in [0.5, 0.6) is 0 Å². The maximum absolute atomic E-state index is 12.0. The molecule has 0 spiro atoms. The minimum absolute atomic E-state index is 0.0519. The molecule has 2 heteroatoms. The SMILES string of the molecule is COC(=O)C(C)C1C(c2ccccc2)=Cc2ccccc21. The van der Waals surface area contributed by atoms with Gasteiger partial charge in [0.05, 0.1) is 13.0 Å². The molecule has 0 bridgehead atoms. The monoisotopic (exact) mass is 278 g/mol. The van der Waals surface area contributed by atoms with Crippen LogP contribution in [0.25, 0.3) is 11.6 Å². The molecule has 3 rings (SSSR count). The maximum Gasteiger partial charge on any atom is 0.309 e. The summed E-state index contributed by atoms with van der Waals surface area (Å²) in [6.07, 6.45) is 2.19. The molecular formula is C19H18O2. The predicted molar refractivity (Wildman–Crippen MR) is 84.7 cm³/mol. The van der Waals surface area contributed by atoms with Crippen molar-refractivity contribution in [2.24, 2.45) is 5.92 Å². The summed E-state index contributed by atoms with van der Waals surface area (Å²) < 4.78 is 4.96. The Morgan fingerprint density at radius 1 is 1.05 bits per heavy atom. The van der Waals surface area contributed by atoms with Gasteiger partial charge < -0.3 is 4.74 Å². The fourth-order valence-corrected chi connectivity index (χ4v) is 3.10. The Kier molecular flexibility index (Phi) is 3.61. The first kappa shape index (κ1) is 13.6. The van der Waals surface area contributed by atoms with Gasteiger partial charge in [-0.1, -0.05) is 67.6 Å². The summed E-state index contributed by atoms with van der Waals surface area (Å²) >= 11 is 0. The predicted octanol–water partition coefficient (Wildman–Crippen LogP) is 4.13. The van der Waals surface area contributed by atoms with Gasteiger partial charge in [-0.2, -0.15) is 0 Å². The van der Waals surface area contributed by atoms with Gasteiger partial charge in [-0.3, -0.25) is 4.79 Å². The Bertz CT molecular complexity index is 686. The fourth-order valence-electron chi connectivity index (χ4n) is 3.10. The first-order chi connectivity index (χ1) is 10.2. The molecule has 2 aromatic carbocycles. The molecule has 0 aliphatic heterocycles. The molecule has 0 heterocycles. The zero-order chi connectivity index (χ0) is 14.8. The van der Waals surface area contributed by atoms with E-state index in [4.69, 9.17) is 4.74 Å². The molecule has 2 unspecified atom stereocenters. The number of carbonyl (C=O) groups excluding carboxylic acids is 1. The lowest BCUT2D eigenvalue weighted by Gasteiger charge is -2.22. The van der Waals surface area contributed by atoms with E-state index in [1.54, 1.807) is 0 Å². The summed E-state index contributed by atoms with van der Waals surface area (Å²) in [5, 5.41) is 0. The van der Waals surface area contributed by atoms with E-state index in [0.29, 0.717) is 0 Å². The Morgan fingerprint density at radius 3 is 2.43 bits per heavy atom. The highest BCUT2D eigenvalue weighted by Crippen LogP contribution is 2.46. The van der Waals surface area contributed by atoms with E-state index in [1.165, 1.54) is 23.8 Å². The number of hydrogen-bond donors (Lipinski definition) is 0. The molecule has 0 saturated carbocycles. The molecule has 2 aromatic rings. The molecule has 2 nitrogen and oxygen atoms in total. The summed E-state index contributed by atoms with van der Waals surface area (Å²) in [6.45, 7) is 1.94. The zero-order valence-electron chi connectivity index (χ0n) is 12.2. The standard InChI is InChI=1S/C19H18O2/c1-13(19(20)21-2)18-16-11-7-6-10-15(16)12-17(18)14-8-4-3-5-9-14/h3-13,18H,1-2H3. The average Bonchev–Trinajstić information content (AvgIpc) is 2.93. The molecule has 21 heavy (non-hydrogen) atoms. The van der Waals surface area contributed by atoms with Crippen LogP contribution in [0.1, 0.15) is 29.5 Å². The molecule has 0 radical (unpaired) electrons. The zero-order valence-corrected chi connectivity index (χ0v) is 12.2. The second-order valence-electron chi connectivity index (χ2n) is 5.38. The van der Waals surface area contributed by atoms with E-state index in [9.17, 15) is 4.79 Å². The van der Waals surface area contributed by atoms with Crippen molar-refractivity contribution in [2.45, 2.75) is 12.8 Å². The maximum atomic E-state index is 12.0. The van der Waals surface area contributed by atoms with Crippen molar-refractivity contribution in [1.82, 2.24) is 0 Å². The number of benzene rings is 2. The largest absolute Gasteiger partial charge is 0.469 e. The van der Waals surface area contributed by atoms with Gasteiger partial charge in [0.2, 0.25) is 0 Å². The molecule has 0 N–H and O–H groups in total. The van der Waals surface area contributed by atoms with Gasteiger partial charge in [0.15, 0.2) is 0 Å². The summed E-state index contributed by atoms with van der Waals surface area (Å²) in [4.78, 5) is 12.0. The Labute approximate surface area is 125 Å². The second-order valence-corrected chi connectivity index (χ2v) is 5.38. The molecule has 2 atom stereocenters. The molecule has 0 aromatic heterocycles. The van der Waals surface area contributed by atoms with E-state index in [1.807, 2.05) is 37.3 Å². The van der Waals surface area contributed by atoms with Crippen molar-refractivity contribution in [1.29, 1.82) is 0 Å². The highest BCUT2D eigenvalue weighted by Gasteiger charge is 2.34. The van der Waals surface area contributed by atoms with Crippen LogP contribution in [0.3, 0.4) is 0 Å². The highest BCUT2D eigenvalue weighted by atomic mass is 16.5. The molecule has 1 aliphatic carbocycles. The number of ether oxygens (including phenoxy) is 1. The van der Waals surface area contributed by atoms with E-state index in [-0.39, 0.29) is 17.8 Å². The van der Waals surface area contributed by atoms with Crippen LogP contribution in [-0.2, 0) is 9.53 Å². The Balaban J connectivity index is 2.09. The lowest BCUT2D eigenvalue weighted by atomic mass is 9.82. The van der Waals surface area contributed by atoms with Crippen LogP contribution in [0.2, 0.25) is 0 Å². The van der Waals surface area contributed by atoms with Gasteiger partial charge >= 0.3 is 5.97 Å². The number of esters is 1. The van der Waals surface area contributed by atoms with Crippen LogP contribution in [0.4, 0.5) is 0 Å². The van der Waals surface area contributed by atoms with Gasteiger partial charge in [-0.15, -0.1) is 0 Å². The lowest BCUT2D eigenvalue weighted by Crippen LogP contribution is -2.20. The minimum Gasteiger partial charge on any atom is -0.469 e. The summed E-state index contributed by atoms with van der Waals surface area (Å²) in [7, 11) is 1.45. The number of hydrogen-bond acceptors (Lipinski definition) is 2. The number of carbonyl (C=O) groups is 1. The van der Waals surface area contributed by atoms with Crippen molar-refractivity contribution in [3.05, 3.63) is 71.3 Å². The van der Waals surface area contributed by atoms with Gasteiger partial charge in [-0.25, -0.2) is 0 Å². The van der Waals surface area contributed by atoms with Crippen molar-refractivity contribution in [3.8, 4) is 0 Å². The number of methoxy groups -OCH3 is 1. The average molecular weight is 278 g/mol. The van der Waals surface area contributed by atoms with Crippen molar-refractivity contribution in [2.75, 3.05) is 7.11 Å². The van der Waals surface area contributed by atoms with Crippen LogP contribution >= 0.6 is 0 Å². The quantitative estimate of drug-likeness (QED) is 0.789. The van der Waals surface area contributed by atoms with Gasteiger partial charge in [0.25, 0.3) is 0 Å². The highest BCUT2D eigenvalue weighted by molar-refractivity contribution is 5.94. The van der Waals surface area contributed by atoms with Crippen molar-refractivity contribution < 1.29 is 9.53 Å². The van der Waals surface area contributed by atoms with E-state index in [2.05, 4.69) is 30.3 Å². The Morgan fingerprint density at radius 2 is 1.71 bits per heavy atom. The van der Waals surface area contributed by atoms with Gasteiger partial charge in [-0.05, 0) is 22.3 Å². The summed E-state index contributed by atoms with van der Waals surface area (Å²) in [6, 6.07) is 18.5. The molecular weight excluding hydrogens is 260 g/mol. The molecule has 1 aliphatic rings. The van der Waals surface area contributed by atoms with Gasteiger partial charge in [0.1, 0.15) is 0 Å². The minimum atomic E-state index is -0.204. The fraction of sp³-hybridized carbons (Fsp3) is 0.211. The molecule has 106 valence electrons.